The molecule has 0 aliphatic carbocycles. The van der Waals surface area contributed by atoms with Gasteiger partial charge in [-0.15, -0.1) is 11.8 Å². The van der Waals surface area contributed by atoms with Gasteiger partial charge in [-0.3, -0.25) is 25.1 Å². The molecule has 4 unspecified atom stereocenters. The molecule has 3 saturated heterocycles. The Labute approximate surface area is 190 Å². The van der Waals surface area contributed by atoms with Crippen molar-refractivity contribution in [2.24, 2.45) is 5.92 Å². The summed E-state index contributed by atoms with van der Waals surface area (Å²) in [5, 5.41) is 6.99. The first-order chi connectivity index (χ1) is 14.9. The van der Waals surface area contributed by atoms with E-state index in [4.69, 9.17) is 16.3 Å². The SMILES string of the molecule is CN1C(=O)C2C(SCC(=O)N3CCOCC3)NC(c3ccccc3Cl)NC2N(C)C1=O. The summed E-state index contributed by atoms with van der Waals surface area (Å²) in [6.45, 7) is 2.23. The number of morpholine rings is 1. The number of imide groups is 1. The smallest absolute Gasteiger partial charge is 0.327 e. The normalized spacial score (nSPS) is 29.2. The fourth-order valence-electron chi connectivity index (χ4n) is 4.15. The van der Waals surface area contributed by atoms with Crippen LogP contribution in [0.4, 0.5) is 4.79 Å². The zero-order valence-electron chi connectivity index (χ0n) is 17.4. The summed E-state index contributed by atoms with van der Waals surface area (Å²) in [5.41, 5.74) is 0.819. The summed E-state index contributed by atoms with van der Waals surface area (Å²) in [6.07, 6.45) is -0.896. The van der Waals surface area contributed by atoms with Crippen molar-refractivity contribution in [3.05, 3.63) is 34.9 Å². The first-order valence-electron chi connectivity index (χ1n) is 10.2. The number of hydrogen-bond donors (Lipinski definition) is 2. The number of halogens is 1. The largest absolute Gasteiger partial charge is 0.378 e. The molecule has 4 amide bonds. The van der Waals surface area contributed by atoms with E-state index in [9.17, 15) is 14.4 Å². The van der Waals surface area contributed by atoms with Crippen LogP contribution in [0.2, 0.25) is 5.02 Å². The second kappa shape index (κ2) is 9.33. The summed E-state index contributed by atoms with van der Waals surface area (Å²) in [5.74, 6) is -0.582. The summed E-state index contributed by atoms with van der Waals surface area (Å²) >= 11 is 7.80. The Morgan fingerprint density at radius 1 is 1.19 bits per heavy atom. The molecular weight excluding hydrogens is 442 g/mol. The van der Waals surface area contributed by atoms with Gasteiger partial charge in [0.25, 0.3) is 0 Å². The van der Waals surface area contributed by atoms with Crippen LogP contribution in [0.1, 0.15) is 11.7 Å². The number of nitrogens with zero attached hydrogens (tertiary/aromatic N) is 3. The maximum absolute atomic E-state index is 13.0. The maximum Gasteiger partial charge on any atom is 0.327 e. The molecule has 4 rings (SSSR count). The van der Waals surface area contributed by atoms with Crippen molar-refractivity contribution < 1.29 is 19.1 Å². The number of nitrogens with one attached hydrogen (secondary N) is 2. The minimum absolute atomic E-state index is 0.0144. The van der Waals surface area contributed by atoms with Gasteiger partial charge in [0.05, 0.1) is 42.6 Å². The Bertz CT molecular complexity index is 868. The molecule has 0 radical (unpaired) electrons. The van der Waals surface area contributed by atoms with Crippen molar-refractivity contribution in [3.63, 3.8) is 0 Å². The molecule has 3 fully saturated rings. The second-order valence-corrected chi connectivity index (χ2v) is 9.31. The number of ether oxygens (including phenoxy) is 1. The van der Waals surface area contributed by atoms with Gasteiger partial charge in [-0.05, 0) is 6.07 Å². The molecule has 2 N–H and O–H groups in total. The number of benzene rings is 1. The average molecular weight is 468 g/mol. The van der Waals surface area contributed by atoms with Crippen molar-refractivity contribution in [2.45, 2.75) is 17.7 Å². The molecule has 0 aromatic heterocycles. The van der Waals surface area contributed by atoms with Crippen molar-refractivity contribution >= 4 is 41.2 Å². The lowest BCUT2D eigenvalue weighted by Crippen LogP contribution is -2.72. The van der Waals surface area contributed by atoms with Crippen molar-refractivity contribution in [3.8, 4) is 0 Å². The predicted molar refractivity (Wildman–Crippen MR) is 117 cm³/mol. The Balaban J connectivity index is 1.57. The zero-order chi connectivity index (χ0) is 22.1. The summed E-state index contributed by atoms with van der Waals surface area (Å²) in [7, 11) is 3.16. The van der Waals surface area contributed by atoms with Gasteiger partial charge < -0.3 is 14.5 Å². The Hall–Kier alpha value is -1.85. The molecule has 1 aromatic carbocycles. The molecule has 9 nitrogen and oxygen atoms in total. The fraction of sp³-hybridized carbons (Fsp3) is 0.550. The second-order valence-electron chi connectivity index (χ2n) is 7.77. The van der Waals surface area contributed by atoms with E-state index in [1.165, 1.54) is 23.7 Å². The van der Waals surface area contributed by atoms with Crippen LogP contribution in [-0.4, -0.2) is 90.2 Å². The number of urea groups is 1. The van der Waals surface area contributed by atoms with Gasteiger partial charge in [-0.2, -0.15) is 0 Å². The van der Waals surface area contributed by atoms with Crippen LogP contribution in [0.25, 0.3) is 0 Å². The molecule has 3 heterocycles. The van der Waals surface area contributed by atoms with Crippen LogP contribution in [0.3, 0.4) is 0 Å². The van der Waals surface area contributed by atoms with E-state index in [2.05, 4.69) is 10.6 Å². The monoisotopic (exact) mass is 467 g/mol. The van der Waals surface area contributed by atoms with Crippen molar-refractivity contribution in [1.29, 1.82) is 0 Å². The third kappa shape index (κ3) is 4.40. The molecule has 0 spiro atoms. The topological polar surface area (TPSA) is 94.2 Å². The van der Waals surface area contributed by atoms with Gasteiger partial charge in [0.15, 0.2) is 0 Å². The van der Waals surface area contributed by atoms with Gasteiger partial charge in [0.2, 0.25) is 11.8 Å². The minimum atomic E-state index is -0.547. The lowest BCUT2D eigenvalue weighted by Gasteiger charge is -2.50. The number of thioether (sulfide) groups is 1. The van der Waals surface area contributed by atoms with Crippen LogP contribution in [-0.2, 0) is 14.3 Å². The molecule has 0 saturated carbocycles. The fourth-order valence-corrected chi connectivity index (χ4v) is 5.61. The van der Waals surface area contributed by atoms with Crippen LogP contribution >= 0.6 is 23.4 Å². The average Bonchev–Trinajstić information content (AvgIpc) is 2.80. The Kier molecular flexibility index (Phi) is 6.73. The zero-order valence-corrected chi connectivity index (χ0v) is 19.0. The number of carbonyl (C=O) groups excluding carboxylic acids is 3. The molecule has 3 aliphatic rings. The first-order valence-corrected chi connectivity index (χ1v) is 11.6. The Morgan fingerprint density at radius 2 is 1.90 bits per heavy atom. The van der Waals surface area contributed by atoms with Crippen LogP contribution in [0, 0.1) is 5.92 Å². The highest BCUT2D eigenvalue weighted by Gasteiger charge is 2.51. The standard InChI is InChI=1S/C20H26ClN5O4S/c1-24-17-15(19(28)25(2)20(24)29)18(31-11-14(27)26-7-9-30-10-8-26)23-16(22-17)12-5-3-4-6-13(12)21/h3-6,15-18,22-23H,7-11H2,1-2H3. The number of rotatable bonds is 4. The van der Waals surface area contributed by atoms with Crippen LogP contribution < -0.4 is 10.6 Å². The molecule has 4 atom stereocenters. The van der Waals surface area contributed by atoms with Crippen LogP contribution in [0.15, 0.2) is 24.3 Å². The highest BCUT2D eigenvalue weighted by molar-refractivity contribution is 8.00. The lowest BCUT2D eigenvalue weighted by atomic mass is 9.96. The van der Waals surface area contributed by atoms with Crippen LogP contribution in [0.5, 0.6) is 0 Å². The van der Waals surface area contributed by atoms with Gasteiger partial charge in [-0.25, -0.2) is 4.79 Å². The van der Waals surface area contributed by atoms with E-state index in [-0.39, 0.29) is 35.1 Å². The third-order valence-corrected chi connectivity index (χ3v) is 7.47. The molecule has 11 heteroatoms. The molecule has 31 heavy (non-hydrogen) atoms. The highest BCUT2D eigenvalue weighted by Crippen LogP contribution is 2.35. The number of hydrogen-bond acceptors (Lipinski definition) is 7. The summed E-state index contributed by atoms with van der Waals surface area (Å²) in [6, 6.07) is 7.05. The van der Waals surface area contributed by atoms with Crippen molar-refractivity contribution in [2.75, 3.05) is 46.2 Å². The molecule has 3 aliphatic heterocycles. The van der Waals surface area contributed by atoms with Gasteiger partial charge >= 0.3 is 6.03 Å². The van der Waals surface area contributed by atoms with E-state index in [0.717, 1.165) is 10.5 Å². The van der Waals surface area contributed by atoms with E-state index in [1.807, 2.05) is 18.2 Å². The van der Waals surface area contributed by atoms with Crippen molar-refractivity contribution in [1.82, 2.24) is 25.3 Å². The van der Waals surface area contributed by atoms with E-state index in [1.54, 1.807) is 18.0 Å². The number of carbonyl (C=O) groups is 3. The predicted octanol–water partition coefficient (Wildman–Crippen LogP) is 0.916. The minimum Gasteiger partial charge on any atom is -0.378 e. The van der Waals surface area contributed by atoms with Gasteiger partial charge in [0, 0.05) is 37.8 Å². The quantitative estimate of drug-likeness (QED) is 0.679. The Morgan fingerprint density at radius 3 is 2.61 bits per heavy atom. The molecule has 1 aromatic rings. The number of amides is 4. The molecular formula is C20H26ClN5O4S. The van der Waals surface area contributed by atoms with Gasteiger partial charge in [0.1, 0.15) is 0 Å². The van der Waals surface area contributed by atoms with E-state index in [0.29, 0.717) is 31.3 Å². The molecule has 168 valence electrons. The van der Waals surface area contributed by atoms with E-state index < -0.39 is 12.1 Å². The maximum atomic E-state index is 13.0. The number of fused-ring (bicyclic) bond motifs is 1. The summed E-state index contributed by atoms with van der Waals surface area (Å²) in [4.78, 5) is 42.7. The van der Waals surface area contributed by atoms with Gasteiger partial charge in [-0.1, -0.05) is 29.8 Å². The molecule has 0 bridgehead atoms. The highest BCUT2D eigenvalue weighted by atomic mass is 35.5. The lowest BCUT2D eigenvalue weighted by molar-refractivity contribution is -0.140. The van der Waals surface area contributed by atoms with E-state index >= 15 is 0 Å². The first kappa shape index (κ1) is 22.3. The third-order valence-electron chi connectivity index (χ3n) is 5.92. The summed E-state index contributed by atoms with van der Waals surface area (Å²) < 4.78 is 5.32.